The zero-order chi connectivity index (χ0) is 16.8. The number of hydrogen-bond acceptors (Lipinski definition) is 3. The maximum atomic E-state index is 12.1. The van der Waals surface area contributed by atoms with Crippen LogP contribution in [-0.4, -0.2) is 25.7 Å². The third kappa shape index (κ3) is 3.84. The molecular formula is C20H21NO3. The fraction of sp³-hybridized carbons (Fsp3) is 0.250. The highest BCUT2D eigenvalue weighted by Crippen LogP contribution is 2.25. The third-order valence-corrected chi connectivity index (χ3v) is 3.89. The van der Waals surface area contributed by atoms with Gasteiger partial charge in [0, 0.05) is 30.7 Å². The van der Waals surface area contributed by atoms with Crippen molar-refractivity contribution in [3.8, 4) is 11.1 Å². The van der Waals surface area contributed by atoms with Crippen LogP contribution in [0.15, 0.2) is 59.2 Å². The number of hydrogen-bond donors (Lipinski definition) is 1. The van der Waals surface area contributed by atoms with Crippen molar-refractivity contribution in [2.24, 2.45) is 0 Å². The Kier molecular flexibility index (Phi) is 5.29. The highest BCUT2D eigenvalue weighted by Gasteiger charge is 2.06. The fourth-order valence-electron chi connectivity index (χ4n) is 2.58. The number of ether oxygens (including phenoxy) is 1. The molecule has 0 atom stereocenters. The van der Waals surface area contributed by atoms with E-state index in [0.717, 1.165) is 28.5 Å². The Morgan fingerprint density at radius 1 is 1.08 bits per heavy atom. The van der Waals surface area contributed by atoms with Crippen molar-refractivity contribution in [2.45, 2.75) is 13.3 Å². The van der Waals surface area contributed by atoms with Gasteiger partial charge in [0.25, 0.3) is 5.91 Å². The molecule has 3 aromatic rings. The molecule has 1 aromatic heterocycles. The lowest BCUT2D eigenvalue weighted by molar-refractivity contribution is 0.0944. The second-order valence-corrected chi connectivity index (χ2v) is 5.56. The smallest absolute Gasteiger partial charge is 0.251 e. The number of carbonyl (C=O) groups is 1. The first-order valence-electron chi connectivity index (χ1n) is 8.21. The molecule has 4 heteroatoms. The Labute approximate surface area is 141 Å². The van der Waals surface area contributed by atoms with Gasteiger partial charge < -0.3 is 14.5 Å². The average Bonchev–Trinajstić information content (AvgIpc) is 3.09. The van der Waals surface area contributed by atoms with Gasteiger partial charge in [0.1, 0.15) is 5.58 Å². The average molecular weight is 323 g/mol. The van der Waals surface area contributed by atoms with Crippen LogP contribution in [0.1, 0.15) is 23.7 Å². The topological polar surface area (TPSA) is 51.5 Å². The third-order valence-electron chi connectivity index (χ3n) is 3.89. The molecule has 1 heterocycles. The number of amides is 1. The van der Waals surface area contributed by atoms with Gasteiger partial charge in [0.15, 0.2) is 0 Å². The molecule has 2 aromatic carbocycles. The van der Waals surface area contributed by atoms with E-state index in [2.05, 4.69) is 11.4 Å². The van der Waals surface area contributed by atoms with E-state index in [-0.39, 0.29) is 5.91 Å². The van der Waals surface area contributed by atoms with Crippen LogP contribution in [0.5, 0.6) is 0 Å². The maximum Gasteiger partial charge on any atom is 0.251 e. The molecule has 0 saturated heterocycles. The lowest BCUT2D eigenvalue weighted by Crippen LogP contribution is -2.25. The summed E-state index contributed by atoms with van der Waals surface area (Å²) in [7, 11) is 0. The van der Waals surface area contributed by atoms with Gasteiger partial charge in [-0.05, 0) is 54.8 Å². The van der Waals surface area contributed by atoms with Crippen LogP contribution in [0, 0.1) is 0 Å². The largest absolute Gasteiger partial charge is 0.464 e. The summed E-state index contributed by atoms with van der Waals surface area (Å²) < 4.78 is 10.6. The molecule has 3 rings (SSSR count). The monoisotopic (exact) mass is 323 g/mol. The predicted molar refractivity (Wildman–Crippen MR) is 95.1 cm³/mol. The number of nitrogens with one attached hydrogen (secondary N) is 1. The molecular weight excluding hydrogens is 302 g/mol. The summed E-state index contributed by atoms with van der Waals surface area (Å²) in [6.45, 7) is 3.97. The summed E-state index contributed by atoms with van der Waals surface area (Å²) in [5, 5.41) is 3.98. The molecule has 1 N–H and O–H groups in total. The number of carbonyl (C=O) groups excluding carboxylic acids is 1. The summed E-state index contributed by atoms with van der Waals surface area (Å²) in [5.74, 6) is -0.0525. The number of fused-ring (bicyclic) bond motifs is 1. The summed E-state index contributed by atoms with van der Waals surface area (Å²) >= 11 is 0. The quantitative estimate of drug-likeness (QED) is 0.661. The van der Waals surface area contributed by atoms with Gasteiger partial charge in [0.05, 0.1) is 6.26 Å². The Hall–Kier alpha value is -2.59. The van der Waals surface area contributed by atoms with Crippen molar-refractivity contribution in [3.05, 3.63) is 60.4 Å². The zero-order valence-corrected chi connectivity index (χ0v) is 13.7. The van der Waals surface area contributed by atoms with E-state index in [1.165, 1.54) is 0 Å². The summed E-state index contributed by atoms with van der Waals surface area (Å²) in [5.41, 5.74) is 3.72. The molecule has 0 fully saturated rings. The van der Waals surface area contributed by atoms with Crippen LogP contribution >= 0.6 is 0 Å². The van der Waals surface area contributed by atoms with Crippen molar-refractivity contribution < 1.29 is 13.9 Å². The van der Waals surface area contributed by atoms with Crippen LogP contribution in [0.2, 0.25) is 0 Å². The predicted octanol–water partition coefficient (Wildman–Crippen LogP) is 4.26. The van der Waals surface area contributed by atoms with Gasteiger partial charge in [-0.1, -0.05) is 18.2 Å². The Balaban J connectivity index is 1.63. The highest BCUT2D eigenvalue weighted by atomic mass is 16.5. The first kappa shape index (κ1) is 16.3. The standard InChI is InChI=1S/C20H21NO3/c1-2-23-12-3-11-21-20(22)16-6-4-15(5-7-16)17-8-9-19-18(14-17)10-13-24-19/h4-10,13-14H,2-3,11-12H2,1H3,(H,21,22). The molecule has 0 aliphatic carbocycles. The van der Waals surface area contributed by atoms with Gasteiger partial charge in [-0.2, -0.15) is 0 Å². The van der Waals surface area contributed by atoms with Crippen molar-refractivity contribution in [3.63, 3.8) is 0 Å². The van der Waals surface area contributed by atoms with E-state index < -0.39 is 0 Å². The van der Waals surface area contributed by atoms with E-state index >= 15 is 0 Å². The molecule has 1 amide bonds. The molecule has 24 heavy (non-hydrogen) atoms. The normalized spacial score (nSPS) is 10.9. The van der Waals surface area contributed by atoms with Crippen LogP contribution in [0.25, 0.3) is 22.1 Å². The minimum Gasteiger partial charge on any atom is -0.464 e. The fourth-order valence-corrected chi connectivity index (χ4v) is 2.58. The second-order valence-electron chi connectivity index (χ2n) is 5.56. The van der Waals surface area contributed by atoms with Gasteiger partial charge in [0.2, 0.25) is 0 Å². The molecule has 0 unspecified atom stereocenters. The zero-order valence-electron chi connectivity index (χ0n) is 13.7. The highest BCUT2D eigenvalue weighted by molar-refractivity contribution is 5.94. The van der Waals surface area contributed by atoms with E-state index in [1.54, 1.807) is 6.26 Å². The van der Waals surface area contributed by atoms with Crippen LogP contribution in [0.3, 0.4) is 0 Å². The first-order valence-corrected chi connectivity index (χ1v) is 8.21. The maximum absolute atomic E-state index is 12.1. The Morgan fingerprint density at radius 3 is 2.67 bits per heavy atom. The minimum absolute atomic E-state index is 0.0525. The van der Waals surface area contributed by atoms with Gasteiger partial charge >= 0.3 is 0 Å². The first-order chi connectivity index (χ1) is 11.8. The Bertz CT molecular complexity index is 805. The van der Waals surface area contributed by atoms with Crippen LogP contribution < -0.4 is 5.32 Å². The van der Waals surface area contributed by atoms with Crippen LogP contribution in [0.4, 0.5) is 0 Å². The van der Waals surface area contributed by atoms with E-state index in [0.29, 0.717) is 25.3 Å². The molecule has 0 aliphatic heterocycles. The van der Waals surface area contributed by atoms with Gasteiger partial charge in [-0.25, -0.2) is 0 Å². The molecule has 124 valence electrons. The number of rotatable bonds is 7. The molecule has 0 aliphatic rings. The van der Waals surface area contributed by atoms with E-state index in [4.69, 9.17) is 9.15 Å². The van der Waals surface area contributed by atoms with E-state index in [1.807, 2.05) is 49.4 Å². The van der Waals surface area contributed by atoms with Gasteiger partial charge in [-0.15, -0.1) is 0 Å². The molecule has 0 spiro atoms. The number of furan rings is 1. The van der Waals surface area contributed by atoms with E-state index in [9.17, 15) is 4.79 Å². The molecule has 0 bridgehead atoms. The SMILES string of the molecule is CCOCCCNC(=O)c1ccc(-c2ccc3occc3c2)cc1. The molecule has 4 nitrogen and oxygen atoms in total. The van der Waals surface area contributed by atoms with Gasteiger partial charge in [-0.3, -0.25) is 4.79 Å². The second kappa shape index (κ2) is 7.79. The van der Waals surface area contributed by atoms with Crippen molar-refractivity contribution in [2.75, 3.05) is 19.8 Å². The summed E-state index contributed by atoms with van der Waals surface area (Å²) in [6, 6.07) is 15.7. The lowest BCUT2D eigenvalue weighted by atomic mass is 10.0. The Morgan fingerprint density at radius 2 is 1.88 bits per heavy atom. The van der Waals surface area contributed by atoms with Crippen LogP contribution in [-0.2, 0) is 4.74 Å². The summed E-state index contributed by atoms with van der Waals surface area (Å²) in [6.07, 6.45) is 2.51. The van der Waals surface area contributed by atoms with Crippen molar-refractivity contribution >= 4 is 16.9 Å². The van der Waals surface area contributed by atoms with Crippen molar-refractivity contribution in [1.82, 2.24) is 5.32 Å². The molecule has 0 saturated carbocycles. The lowest BCUT2D eigenvalue weighted by Gasteiger charge is -2.07. The summed E-state index contributed by atoms with van der Waals surface area (Å²) in [4.78, 5) is 12.1. The number of benzene rings is 2. The minimum atomic E-state index is -0.0525. The molecule has 0 radical (unpaired) electrons. The van der Waals surface area contributed by atoms with Crippen molar-refractivity contribution in [1.29, 1.82) is 0 Å².